The summed E-state index contributed by atoms with van der Waals surface area (Å²) in [4.78, 5) is 23.8. The third kappa shape index (κ3) is 3.16. The molecule has 0 bridgehead atoms. The third-order valence-electron chi connectivity index (χ3n) is 3.36. The molecule has 1 fully saturated rings. The Balaban J connectivity index is 2.32. The van der Waals surface area contributed by atoms with Gasteiger partial charge in [-0.15, -0.1) is 0 Å². The number of nitrogens with one attached hydrogen (secondary N) is 1. The summed E-state index contributed by atoms with van der Waals surface area (Å²) in [6, 6.07) is 2.01. The van der Waals surface area contributed by atoms with Gasteiger partial charge >= 0.3 is 11.9 Å². The van der Waals surface area contributed by atoms with E-state index < -0.39 is 17.7 Å². The van der Waals surface area contributed by atoms with E-state index in [0.717, 1.165) is 26.9 Å². The van der Waals surface area contributed by atoms with Crippen LogP contribution in [0.25, 0.3) is 0 Å². The number of hydrogen-bond donors (Lipinski definition) is 1. The number of carbonyl (C=O) groups is 2. The summed E-state index contributed by atoms with van der Waals surface area (Å²) in [5, 5.41) is 3.01. The number of ether oxygens (including phenoxy) is 2. The fraction of sp³-hybridized carbons (Fsp3) is 0.375. The van der Waals surface area contributed by atoms with E-state index in [0.29, 0.717) is 0 Å². The van der Waals surface area contributed by atoms with Crippen molar-refractivity contribution in [1.82, 2.24) is 0 Å². The molecule has 0 radical (unpaired) electrons. The monoisotopic (exact) mass is 367 g/mol. The van der Waals surface area contributed by atoms with Crippen molar-refractivity contribution >= 4 is 33.6 Å². The lowest BCUT2D eigenvalue weighted by atomic mass is 10.1. The van der Waals surface area contributed by atoms with Gasteiger partial charge in [-0.2, -0.15) is 0 Å². The molecule has 0 unspecified atom stereocenters. The molecule has 1 saturated heterocycles. The minimum Gasteiger partial charge on any atom is -0.419 e. The summed E-state index contributed by atoms with van der Waals surface area (Å²) in [5.74, 6) is -2.63. The summed E-state index contributed by atoms with van der Waals surface area (Å²) < 4.78 is 11.1. The van der Waals surface area contributed by atoms with E-state index in [1.54, 1.807) is 0 Å². The first-order valence-electron chi connectivity index (χ1n) is 6.82. The van der Waals surface area contributed by atoms with Gasteiger partial charge in [-0.1, -0.05) is 22.0 Å². The van der Waals surface area contributed by atoms with Crippen LogP contribution in [0.2, 0.25) is 0 Å². The number of aryl methyl sites for hydroxylation is 2. The Bertz CT molecular complexity index is 670. The molecule has 6 heteroatoms. The number of anilines is 1. The van der Waals surface area contributed by atoms with Gasteiger partial charge in [-0.3, -0.25) is 0 Å². The van der Waals surface area contributed by atoms with Crippen LogP contribution in [0.15, 0.2) is 22.3 Å². The molecule has 0 spiro atoms. The van der Waals surface area contributed by atoms with Gasteiger partial charge in [-0.05, 0) is 37.5 Å². The molecule has 1 heterocycles. The van der Waals surface area contributed by atoms with E-state index in [2.05, 4.69) is 21.2 Å². The molecule has 1 aliphatic rings. The van der Waals surface area contributed by atoms with E-state index in [4.69, 9.17) is 9.47 Å². The van der Waals surface area contributed by atoms with Crippen molar-refractivity contribution in [3.8, 4) is 0 Å². The molecule has 1 aromatic rings. The second kappa shape index (κ2) is 5.76. The molecule has 22 heavy (non-hydrogen) atoms. The molecular weight excluding hydrogens is 350 g/mol. The summed E-state index contributed by atoms with van der Waals surface area (Å²) in [6.45, 7) is 8.93. The smallest absolute Gasteiger partial charge is 0.350 e. The first kappa shape index (κ1) is 16.5. The minimum absolute atomic E-state index is 0.158. The van der Waals surface area contributed by atoms with E-state index >= 15 is 0 Å². The number of esters is 2. The fourth-order valence-corrected chi connectivity index (χ4v) is 2.62. The molecule has 0 amide bonds. The molecule has 2 rings (SSSR count). The van der Waals surface area contributed by atoms with Crippen molar-refractivity contribution in [2.75, 3.05) is 5.32 Å². The summed E-state index contributed by atoms with van der Waals surface area (Å²) >= 11 is 3.52. The van der Waals surface area contributed by atoms with Gasteiger partial charge in [0.25, 0.3) is 5.79 Å². The van der Waals surface area contributed by atoms with Crippen molar-refractivity contribution in [3.63, 3.8) is 0 Å². The average Bonchev–Trinajstić information content (AvgIpc) is 2.37. The molecule has 0 atom stereocenters. The van der Waals surface area contributed by atoms with Gasteiger partial charge in [0.15, 0.2) is 5.57 Å². The second-order valence-corrected chi connectivity index (χ2v) is 6.50. The summed E-state index contributed by atoms with van der Waals surface area (Å²) in [5.41, 5.74) is 3.79. The van der Waals surface area contributed by atoms with E-state index in [1.807, 2.05) is 26.8 Å². The Kier molecular flexibility index (Phi) is 4.33. The third-order valence-corrected chi connectivity index (χ3v) is 4.58. The quantitative estimate of drug-likeness (QED) is 0.492. The zero-order valence-electron chi connectivity index (χ0n) is 13.2. The fourth-order valence-electron chi connectivity index (χ4n) is 2.31. The number of cyclic esters (lactones) is 2. The standard InChI is InChI=1S/C16H18BrNO4/c1-8-6-9(2)13(10(3)12(8)17)18-7-11-14(19)21-16(4,5)22-15(11)20/h6-7,18H,1-5H3. The number of rotatable bonds is 2. The van der Waals surface area contributed by atoms with E-state index in [1.165, 1.54) is 20.0 Å². The zero-order valence-corrected chi connectivity index (χ0v) is 14.8. The first-order valence-corrected chi connectivity index (χ1v) is 7.61. The summed E-state index contributed by atoms with van der Waals surface area (Å²) in [7, 11) is 0. The van der Waals surface area contributed by atoms with Crippen LogP contribution < -0.4 is 5.32 Å². The number of carbonyl (C=O) groups excluding carboxylic acids is 2. The van der Waals surface area contributed by atoms with Crippen LogP contribution in [-0.2, 0) is 19.1 Å². The topological polar surface area (TPSA) is 64.6 Å². The molecule has 1 N–H and O–H groups in total. The molecule has 1 aliphatic heterocycles. The lowest BCUT2D eigenvalue weighted by molar-refractivity contribution is -0.222. The van der Waals surface area contributed by atoms with Crippen molar-refractivity contribution < 1.29 is 19.1 Å². The van der Waals surface area contributed by atoms with Crippen LogP contribution in [0.1, 0.15) is 30.5 Å². The maximum atomic E-state index is 11.9. The second-order valence-electron chi connectivity index (χ2n) is 5.71. The van der Waals surface area contributed by atoms with Crippen molar-refractivity contribution in [2.45, 2.75) is 40.4 Å². The lowest BCUT2D eigenvalue weighted by Gasteiger charge is -2.29. The van der Waals surface area contributed by atoms with Crippen LogP contribution >= 0.6 is 15.9 Å². The molecule has 118 valence electrons. The van der Waals surface area contributed by atoms with Crippen LogP contribution in [-0.4, -0.2) is 17.7 Å². The number of hydrogen-bond acceptors (Lipinski definition) is 5. The Labute approximate surface area is 137 Å². The van der Waals surface area contributed by atoms with Gasteiger partial charge in [0.2, 0.25) is 0 Å². The average molecular weight is 368 g/mol. The van der Waals surface area contributed by atoms with E-state index in [-0.39, 0.29) is 5.57 Å². The summed E-state index contributed by atoms with van der Waals surface area (Å²) in [6.07, 6.45) is 1.33. The Morgan fingerprint density at radius 3 is 2.18 bits per heavy atom. The predicted octanol–water partition coefficient (Wildman–Crippen LogP) is 3.51. The highest BCUT2D eigenvalue weighted by Gasteiger charge is 2.38. The molecular formula is C16H18BrNO4. The van der Waals surface area contributed by atoms with Crippen molar-refractivity contribution in [2.24, 2.45) is 0 Å². The van der Waals surface area contributed by atoms with Gasteiger partial charge in [0.1, 0.15) is 0 Å². The maximum Gasteiger partial charge on any atom is 0.350 e. The van der Waals surface area contributed by atoms with Gasteiger partial charge in [-0.25, -0.2) is 9.59 Å². The van der Waals surface area contributed by atoms with Gasteiger partial charge < -0.3 is 14.8 Å². The highest BCUT2D eigenvalue weighted by molar-refractivity contribution is 9.10. The molecule has 1 aromatic carbocycles. The lowest BCUT2D eigenvalue weighted by Crippen LogP contribution is -2.42. The van der Waals surface area contributed by atoms with Crippen molar-refractivity contribution in [3.05, 3.63) is 39.0 Å². The van der Waals surface area contributed by atoms with Crippen LogP contribution in [0.5, 0.6) is 0 Å². The predicted molar refractivity (Wildman–Crippen MR) is 86.3 cm³/mol. The molecule has 0 aromatic heterocycles. The molecule has 5 nitrogen and oxygen atoms in total. The van der Waals surface area contributed by atoms with Gasteiger partial charge in [0, 0.05) is 30.2 Å². The minimum atomic E-state index is -1.23. The van der Waals surface area contributed by atoms with Gasteiger partial charge in [0.05, 0.1) is 0 Å². The maximum absolute atomic E-state index is 11.9. The van der Waals surface area contributed by atoms with Crippen LogP contribution in [0.3, 0.4) is 0 Å². The molecule has 0 saturated carbocycles. The highest BCUT2D eigenvalue weighted by atomic mass is 79.9. The van der Waals surface area contributed by atoms with E-state index in [9.17, 15) is 9.59 Å². The normalized spacial score (nSPS) is 16.9. The molecule has 0 aliphatic carbocycles. The Morgan fingerprint density at radius 1 is 1.09 bits per heavy atom. The number of benzene rings is 1. The van der Waals surface area contributed by atoms with Crippen LogP contribution in [0, 0.1) is 20.8 Å². The zero-order chi connectivity index (χ0) is 16.7. The SMILES string of the molecule is Cc1cc(C)c(NC=C2C(=O)OC(C)(C)OC2=O)c(C)c1Br. The van der Waals surface area contributed by atoms with Crippen LogP contribution in [0.4, 0.5) is 5.69 Å². The highest BCUT2D eigenvalue weighted by Crippen LogP contribution is 2.31. The largest absolute Gasteiger partial charge is 0.419 e. The van der Waals surface area contributed by atoms with Crippen molar-refractivity contribution in [1.29, 1.82) is 0 Å². The number of halogens is 1. The Hall–Kier alpha value is -1.82. The first-order chi connectivity index (χ1) is 10.1. The Morgan fingerprint density at radius 2 is 1.64 bits per heavy atom.